The molecule has 0 saturated carbocycles. The minimum absolute atomic E-state index is 0.395. The van der Waals surface area contributed by atoms with E-state index in [-0.39, 0.29) is 0 Å². The number of anilines is 1. The predicted molar refractivity (Wildman–Crippen MR) is 99.2 cm³/mol. The van der Waals surface area contributed by atoms with Gasteiger partial charge in [-0.2, -0.15) is 0 Å². The lowest BCUT2D eigenvalue weighted by atomic mass is 9.95. The second kappa shape index (κ2) is 6.57. The Balaban J connectivity index is 2.51. The molecule has 0 unspecified atom stereocenters. The number of sulfonamides is 1. The number of thioether (sulfide) groups is 1. The number of nitrogens with one attached hydrogen (secondary N) is 1. The van der Waals surface area contributed by atoms with Crippen molar-refractivity contribution in [2.45, 2.75) is 44.4 Å². The Morgan fingerprint density at radius 2 is 1.22 bits per heavy atom. The van der Waals surface area contributed by atoms with Gasteiger partial charge in [0.2, 0.25) is 0 Å². The van der Waals surface area contributed by atoms with Crippen molar-refractivity contribution in [3.05, 3.63) is 52.1 Å². The quantitative estimate of drug-likeness (QED) is 0.810. The average molecular weight is 350 g/mol. The average Bonchev–Trinajstić information content (AvgIpc) is 2.51. The number of hydrogen-bond acceptors (Lipinski definition) is 3. The first kappa shape index (κ1) is 17.9. The second-order valence-electron chi connectivity index (χ2n) is 5.79. The van der Waals surface area contributed by atoms with Gasteiger partial charge in [-0.1, -0.05) is 0 Å². The Morgan fingerprint density at radius 1 is 0.783 bits per heavy atom. The van der Waals surface area contributed by atoms with E-state index in [0.717, 1.165) is 32.7 Å². The zero-order chi connectivity index (χ0) is 17.4. The molecule has 0 atom stereocenters. The van der Waals surface area contributed by atoms with Crippen molar-refractivity contribution in [3.8, 4) is 0 Å². The topological polar surface area (TPSA) is 46.2 Å². The first-order chi connectivity index (χ1) is 10.7. The predicted octanol–water partition coefficient (Wildman–Crippen LogP) is 4.75. The third kappa shape index (κ3) is 3.40. The van der Waals surface area contributed by atoms with Crippen molar-refractivity contribution < 1.29 is 8.42 Å². The van der Waals surface area contributed by atoms with E-state index in [1.807, 2.05) is 53.0 Å². The summed E-state index contributed by atoms with van der Waals surface area (Å²) in [4.78, 5) is 1.49. The van der Waals surface area contributed by atoms with Crippen LogP contribution in [0.3, 0.4) is 0 Å². The maximum Gasteiger partial charge on any atom is 0.262 e. The van der Waals surface area contributed by atoms with Gasteiger partial charge < -0.3 is 0 Å². The molecule has 1 N–H and O–H groups in total. The summed E-state index contributed by atoms with van der Waals surface area (Å²) in [5, 5.41) is 0. The Hall–Kier alpha value is -1.46. The zero-order valence-electron chi connectivity index (χ0n) is 14.4. The molecule has 0 aromatic heterocycles. The van der Waals surface area contributed by atoms with Gasteiger partial charge >= 0.3 is 0 Å². The van der Waals surface area contributed by atoms with Crippen molar-refractivity contribution >= 4 is 27.5 Å². The van der Waals surface area contributed by atoms with Gasteiger partial charge in [0.05, 0.1) is 4.90 Å². The lowest BCUT2D eigenvalue weighted by molar-refractivity contribution is 0.599. The molecule has 0 spiro atoms. The first-order valence-electron chi connectivity index (χ1n) is 7.43. The molecule has 5 heteroatoms. The van der Waals surface area contributed by atoms with E-state index in [1.54, 1.807) is 23.9 Å². The molecule has 2 aromatic carbocycles. The number of hydrogen-bond donors (Lipinski definition) is 1. The van der Waals surface area contributed by atoms with Crippen molar-refractivity contribution in [3.63, 3.8) is 0 Å². The normalized spacial score (nSPS) is 11.6. The number of rotatable bonds is 4. The molecular weight excluding hydrogens is 326 g/mol. The Bertz CT molecular complexity index is 809. The molecule has 0 radical (unpaired) electrons. The van der Waals surface area contributed by atoms with E-state index in [1.165, 1.54) is 0 Å². The van der Waals surface area contributed by atoms with Crippen LogP contribution in [0.5, 0.6) is 0 Å². The monoisotopic (exact) mass is 349 g/mol. The van der Waals surface area contributed by atoms with Crippen molar-refractivity contribution in [2.24, 2.45) is 0 Å². The van der Waals surface area contributed by atoms with Gasteiger partial charge in [-0.05, 0) is 93.0 Å². The highest BCUT2D eigenvalue weighted by Gasteiger charge is 2.23. The Morgan fingerprint density at radius 3 is 1.65 bits per heavy atom. The van der Waals surface area contributed by atoms with Gasteiger partial charge in [-0.25, -0.2) is 8.42 Å². The second-order valence-corrected chi connectivity index (χ2v) is 8.29. The third-order valence-corrected chi connectivity index (χ3v) is 6.94. The van der Waals surface area contributed by atoms with E-state index >= 15 is 0 Å². The summed E-state index contributed by atoms with van der Waals surface area (Å²) in [5.74, 6) is 0. The van der Waals surface area contributed by atoms with Crippen molar-refractivity contribution in [1.29, 1.82) is 0 Å². The van der Waals surface area contributed by atoms with E-state index < -0.39 is 10.0 Å². The van der Waals surface area contributed by atoms with Gasteiger partial charge in [0, 0.05) is 10.6 Å². The summed E-state index contributed by atoms with van der Waals surface area (Å²) in [6.45, 7) is 9.74. The summed E-state index contributed by atoms with van der Waals surface area (Å²) < 4.78 is 28.5. The van der Waals surface area contributed by atoms with Crippen LogP contribution < -0.4 is 4.72 Å². The highest BCUT2D eigenvalue weighted by atomic mass is 32.2. The summed E-state index contributed by atoms with van der Waals surface area (Å²) in [6.07, 6.45) is 1.99. The Labute approximate surface area is 143 Å². The molecule has 0 aliphatic rings. The lowest BCUT2D eigenvalue weighted by Crippen LogP contribution is -2.17. The standard InChI is InChI=1S/C18H23NO2S2/c1-11-12(2)14(4)18(15(5)13(11)3)23(20,21)19-16-7-9-17(22-6)10-8-16/h7-10,19H,1-6H3. The highest BCUT2D eigenvalue weighted by molar-refractivity contribution is 7.98. The van der Waals surface area contributed by atoms with Crippen LogP contribution in [0, 0.1) is 34.6 Å². The molecule has 0 aliphatic carbocycles. The van der Waals surface area contributed by atoms with Crippen molar-refractivity contribution in [2.75, 3.05) is 11.0 Å². The smallest absolute Gasteiger partial charge is 0.262 e. The van der Waals surface area contributed by atoms with E-state index in [0.29, 0.717) is 10.6 Å². The molecule has 124 valence electrons. The van der Waals surface area contributed by atoms with E-state index in [4.69, 9.17) is 0 Å². The van der Waals surface area contributed by atoms with Gasteiger partial charge in [0.1, 0.15) is 0 Å². The fourth-order valence-electron chi connectivity index (χ4n) is 2.73. The van der Waals surface area contributed by atoms with Crippen LogP contribution in [0.2, 0.25) is 0 Å². The summed E-state index contributed by atoms with van der Waals surface area (Å²) >= 11 is 1.63. The fraction of sp³-hybridized carbons (Fsp3) is 0.333. The van der Waals surface area contributed by atoms with Crippen LogP contribution in [-0.4, -0.2) is 14.7 Å². The van der Waals surface area contributed by atoms with Crippen LogP contribution in [0.25, 0.3) is 0 Å². The van der Waals surface area contributed by atoms with Crippen LogP contribution in [-0.2, 0) is 10.0 Å². The minimum Gasteiger partial charge on any atom is -0.280 e. The largest absolute Gasteiger partial charge is 0.280 e. The van der Waals surface area contributed by atoms with Gasteiger partial charge in [-0.15, -0.1) is 11.8 Å². The fourth-order valence-corrected chi connectivity index (χ4v) is 4.80. The van der Waals surface area contributed by atoms with E-state index in [2.05, 4.69) is 4.72 Å². The Kier molecular flexibility index (Phi) is 5.11. The molecule has 23 heavy (non-hydrogen) atoms. The number of benzene rings is 2. The minimum atomic E-state index is -3.61. The van der Waals surface area contributed by atoms with Crippen LogP contribution in [0.15, 0.2) is 34.1 Å². The lowest BCUT2D eigenvalue weighted by Gasteiger charge is -2.19. The van der Waals surface area contributed by atoms with Crippen LogP contribution in [0.1, 0.15) is 27.8 Å². The maximum absolute atomic E-state index is 12.9. The molecule has 0 fully saturated rings. The molecule has 0 bridgehead atoms. The van der Waals surface area contributed by atoms with Gasteiger partial charge in [0.25, 0.3) is 10.0 Å². The van der Waals surface area contributed by atoms with Gasteiger partial charge in [-0.3, -0.25) is 4.72 Å². The van der Waals surface area contributed by atoms with Crippen LogP contribution in [0.4, 0.5) is 5.69 Å². The summed E-state index contributed by atoms with van der Waals surface area (Å²) in [7, 11) is -3.61. The molecule has 0 amide bonds. The zero-order valence-corrected chi connectivity index (χ0v) is 16.1. The van der Waals surface area contributed by atoms with E-state index in [9.17, 15) is 8.42 Å². The molecule has 0 aliphatic heterocycles. The SMILES string of the molecule is CSc1ccc(NS(=O)(=O)c2c(C)c(C)c(C)c(C)c2C)cc1. The molecule has 2 rings (SSSR count). The molecule has 0 heterocycles. The summed E-state index contributed by atoms with van der Waals surface area (Å²) in [6, 6.07) is 7.41. The maximum atomic E-state index is 12.9. The van der Waals surface area contributed by atoms with Crippen LogP contribution >= 0.6 is 11.8 Å². The molecule has 3 nitrogen and oxygen atoms in total. The van der Waals surface area contributed by atoms with Crippen molar-refractivity contribution in [1.82, 2.24) is 0 Å². The summed E-state index contributed by atoms with van der Waals surface area (Å²) in [5.41, 5.74) is 5.44. The highest BCUT2D eigenvalue weighted by Crippen LogP contribution is 2.31. The molecule has 2 aromatic rings. The molecule has 0 saturated heterocycles. The molecular formula is C18H23NO2S2. The third-order valence-electron chi connectivity index (χ3n) is 4.54. The van der Waals surface area contributed by atoms with Gasteiger partial charge in [0.15, 0.2) is 0 Å². The first-order valence-corrected chi connectivity index (χ1v) is 10.1.